The fourth-order valence-electron chi connectivity index (χ4n) is 3.12. The first-order valence-electron chi connectivity index (χ1n) is 9.31. The number of halogens is 2. The van der Waals surface area contributed by atoms with Crippen LogP contribution in [0.2, 0.25) is 5.02 Å². The molecule has 1 aliphatic heterocycles. The Kier molecular flexibility index (Phi) is 6.77. The second-order valence-electron chi connectivity index (χ2n) is 6.96. The highest BCUT2D eigenvalue weighted by Crippen LogP contribution is 2.23. The van der Waals surface area contributed by atoms with Crippen molar-refractivity contribution < 1.29 is 17.6 Å². The zero-order valence-corrected chi connectivity index (χ0v) is 17.6. The monoisotopic (exact) mass is 439 g/mol. The van der Waals surface area contributed by atoms with Gasteiger partial charge in [0.1, 0.15) is 5.82 Å². The minimum absolute atomic E-state index is 0.0545. The zero-order valence-electron chi connectivity index (χ0n) is 16.1. The third-order valence-electron chi connectivity index (χ3n) is 4.84. The molecule has 2 amide bonds. The van der Waals surface area contributed by atoms with E-state index in [0.717, 1.165) is 23.3 Å². The van der Waals surface area contributed by atoms with E-state index in [0.29, 0.717) is 19.5 Å². The second kappa shape index (κ2) is 9.11. The van der Waals surface area contributed by atoms with Gasteiger partial charge in [-0.3, -0.25) is 0 Å². The normalized spacial score (nSPS) is 15.8. The van der Waals surface area contributed by atoms with Gasteiger partial charge >= 0.3 is 6.03 Å². The Morgan fingerprint density at radius 3 is 2.52 bits per heavy atom. The number of benzene rings is 2. The van der Waals surface area contributed by atoms with E-state index in [1.165, 1.54) is 10.4 Å². The molecule has 1 fully saturated rings. The number of rotatable bonds is 4. The van der Waals surface area contributed by atoms with E-state index in [-0.39, 0.29) is 35.6 Å². The zero-order chi connectivity index (χ0) is 21.0. The van der Waals surface area contributed by atoms with Crippen LogP contribution >= 0.6 is 11.6 Å². The van der Waals surface area contributed by atoms with E-state index in [9.17, 15) is 17.6 Å². The molecule has 1 aliphatic rings. The molecule has 0 radical (unpaired) electrons. The molecule has 0 spiro atoms. The van der Waals surface area contributed by atoms with Crippen LogP contribution < -0.4 is 5.32 Å². The minimum atomic E-state index is -3.81. The molecule has 156 valence electrons. The summed E-state index contributed by atoms with van der Waals surface area (Å²) in [5.41, 5.74) is 2.15. The van der Waals surface area contributed by atoms with Gasteiger partial charge in [-0.1, -0.05) is 41.4 Å². The molecule has 1 N–H and O–H groups in total. The summed E-state index contributed by atoms with van der Waals surface area (Å²) in [5, 5.41) is 2.64. The van der Waals surface area contributed by atoms with Gasteiger partial charge in [0, 0.05) is 32.7 Å². The lowest BCUT2D eigenvalue weighted by Gasteiger charge is -2.22. The van der Waals surface area contributed by atoms with Gasteiger partial charge < -0.3 is 10.2 Å². The van der Waals surface area contributed by atoms with Gasteiger partial charge in [0.25, 0.3) is 0 Å². The number of urea groups is 1. The molecule has 2 aromatic carbocycles. The van der Waals surface area contributed by atoms with Crippen molar-refractivity contribution in [1.29, 1.82) is 0 Å². The topological polar surface area (TPSA) is 69.7 Å². The molecule has 3 rings (SSSR count). The number of carbonyl (C=O) groups excluding carboxylic acids is 1. The summed E-state index contributed by atoms with van der Waals surface area (Å²) in [5.74, 6) is -0.669. The third kappa shape index (κ3) is 5.26. The number of nitrogens with one attached hydrogen (secondary N) is 1. The smallest absolute Gasteiger partial charge is 0.317 e. The lowest BCUT2D eigenvalue weighted by atomic mass is 10.1. The highest BCUT2D eigenvalue weighted by Gasteiger charge is 2.28. The van der Waals surface area contributed by atoms with Crippen molar-refractivity contribution in [3.63, 3.8) is 0 Å². The summed E-state index contributed by atoms with van der Waals surface area (Å²) in [7, 11) is -3.81. The molecule has 0 unspecified atom stereocenters. The first kappa shape index (κ1) is 21.5. The molecule has 2 aromatic rings. The van der Waals surface area contributed by atoms with E-state index < -0.39 is 15.8 Å². The lowest BCUT2D eigenvalue weighted by Crippen LogP contribution is -2.42. The van der Waals surface area contributed by atoms with Crippen LogP contribution in [-0.2, 0) is 16.6 Å². The molecular formula is C20H23ClFN3O3S. The maximum Gasteiger partial charge on any atom is 0.317 e. The van der Waals surface area contributed by atoms with E-state index in [1.807, 2.05) is 31.2 Å². The lowest BCUT2D eigenvalue weighted by molar-refractivity contribution is 0.200. The minimum Gasteiger partial charge on any atom is -0.334 e. The Morgan fingerprint density at radius 1 is 1.10 bits per heavy atom. The van der Waals surface area contributed by atoms with Crippen molar-refractivity contribution >= 4 is 27.7 Å². The quantitative estimate of drug-likeness (QED) is 0.793. The van der Waals surface area contributed by atoms with E-state index in [4.69, 9.17) is 11.6 Å². The van der Waals surface area contributed by atoms with Crippen molar-refractivity contribution in [2.24, 2.45) is 0 Å². The molecule has 6 nitrogen and oxygen atoms in total. The number of sulfonamides is 1. The fraction of sp³-hybridized carbons (Fsp3) is 0.350. The average molecular weight is 440 g/mol. The van der Waals surface area contributed by atoms with Crippen LogP contribution in [0.15, 0.2) is 47.4 Å². The number of nitrogens with zero attached hydrogens (tertiary/aromatic N) is 2. The van der Waals surface area contributed by atoms with Crippen LogP contribution in [0.1, 0.15) is 17.5 Å². The van der Waals surface area contributed by atoms with E-state index in [1.54, 1.807) is 4.90 Å². The molecule has 9 heteroatoms. The molecular weight excluding hydrogens is 417 g/mol. The van der Waals surface area contributed by atoms with Crippen LogP contribution in [0.4, 0.5) is 9.18 Å². The molecule has 0 bridgehead atoms. The van der Waals surface area contributed by atoms with Gasteiger partial charge in [-0.15, -0.1) is 0 Å². The summed E-state index contributed by atoms with van der Waals surface area (Å²) in [6.07, 6.45) is 0.506. The second-order valence-corrected chi connectivity index (χ2v) is 9.31. The van der Waals surface area contributed by atoms with Crippen molar-refractivity contribution in [2.75, 3.05) is 26.2 Å². The van der Waals surface area contributed by atoms with Crippen molar-refractivity contribution in [1.82, 2.24) is 14.5 Å². The van der Waals surface area contributed by atoms with E-state index >= 15 is 0 Å². The van der Waals surface area contributed by atoms with Gasteiger partial charge in [0.05, 0.1) is 9.92 Å². The highest BCUT2D eigenvalue weighted by molar-refractivity contribution is 7.89. The summed E-state index contributed by atoms with van der Waals surface area (Å²) in [4.78, 5) is 14.0. The number of hydrogen-bond acceptors (Lipinski definition) is 3. The van der Waals surface area contributed by atoms with Crippen molar-refractivity contribution in [3.05, 3.63) is 64.4 Å². The number of carbonyl (C=O) groups is 1. The number of hydrogen-bond donors (Lipinski definition) is 1. The Bertz CT molecular complexity index is 983. The van der Waals surface area contributed by atoms with Gasteiger partial charge in [0.15, 0.2) is 0 Å². The standard InChI is InChI=1S/C20H23ClFN3O3S/c1-15-3-5-16(6-4-15)14-23-20(26)24-9-2-10-25(12-11-24)29(27,28)17-7-8-19(22)18(21)13-17/h3-8,13H,2,9-12,14H2,1H3,(H,23,26). The average Bonchev–Trinajstić information content (AvgIpc) is 2.96. The SMILES string of the molecule is Cc1ccc(CNC(=O)N2CCCN(S(=O)(=O)c3ccc(F)c(Cl)c3)CC2)cc1. The first-order valence-corrected chi connectivity index (χ1v) is 11.1. The van der Waals surface area contributed by atoms with Gasteiger partial charge in [0.2, 0.25) is 10.0 Å². The largest absolute Gasteiger partial charge is 0.334 e. The Labute approximate surface area is 175 Å². The van der Waals surface area contributed by atoms with Crippen molar-refractivity contribution in [3.8, 4) is 0 Å². The Hall–Kier alpha value is -2.16. The summed E-state index contributed by atoms with van der Waals surface area (Å²) in [6, 6.07) is 11.0. The maximum atomic E-state index is 13.4. The molecule has 1 saturated heterocycles. The third-order valence-corrected chi connectivity index (χ3v) is 7.02. The molecule has 0 aliphatic carbocycles. The number of amides is 2. The predicted octanol–water partition coefficient (Wildman–Crippen LogP) is 3.39. The Balaban J connectivity index is 1.61. The Morgan fingerprint density at radius 2 is 1.83 bits per heavy atom. The van der Waals surface area contributed by atoms with Crippen molar-refractivity contribution in [2.45, 2.75) is 24.8 Å². The summed E-state index contributed by atoms with van der Waals surface area (Å²) in [6.45, 7) is 3.57. The van der Waals surface area contributed by atoms with Crippen LogP contribution in [0, 0.1) is 12.7 Å². The molecule has 29 heavy (non-hydrogen) atoms. The van der Waals surface area contributed by atoms with Gasteiger partial charge in [-0.2, -0.15) is 4.31 Å². The molecule has 0 aromatic heterocycles. The molecule has 0 atom stereocenters. The fourth-order valence-corrected chi connectivity index (χ4v) is 4.86. The highest BCUT2D eigenvalue weighted by atomic mass is 35.5. The van der Waals surface area contributed by atoms with Crippen LogP contribution in [0.25, 0.3) is 0 Å². The van der Waals surface area contributed by atoms with Gasteiger partial charge in [-0.25, -0.2) is 17.6 Å². The first-order chi connectivity index (χ1) is 13.8. The molecule has 1 heterocycles. The number of aryl methyl sites for hydroxylation is 1. The van der Waals surface area contributed by atoms with E-state index in [2.05, 4.69) is 5.32 Å². The van der Waals surface area contributed by atoms with Gasteiger partial charge in [-0.05, 0) is 37.1 Å². The van der Waals surface area contributed by atoms with Crippen LogP contribution in [0.3, 0.4) is 0 Å². The van der Waals surface area contributed by atoms with Crippen LogP contribution in [0.5, 0.6) is 0 Å². The summed E-state index contributed by atoms with van der Waals surface area (Å²) < 4.78 is 40.4. The maximum absolute atomic E-state index is 13.4. The summed E-state index contributed by atoms with van der Waals surface area (Å²) >= 11 is 5.73. The van der Waals surface area contributed by atoms with Crippen LogP contribution in [-0.4, -0.2) is 49.8 Å². The molecule has 0 saturated carbocycles. The predicted molar refractivity (Wildman–Crippen MR) is 110 cm³/mol.